The van der Waals surface area contributed by atoms with Crippen LogP contribution in [0.4, 0.5) is 17.1 Å². The molecule has 0 fully saturated rings. The molecule has 8 heteroatoms. The summed E-state index contributed by atoms with van der Waals surface area (Å²) in [6.45, 7) is 0. The van der Waals surface area contributed by atoms with Crippen LogP contribution in [0.3, 0.4) is 0 Å². The second-order valence-corrected chi connectivity index (χ2v) is 6.72. The number of rotatable bonds is 5. The van der Waals surface area contributed by atoms with Crippen LogP contribution in [0.2, 0.25) is 0 Å². The van der Waals surface area contributed by atoms with Gasteiger partial charge in [-0.15, -0.1) is 0 Å². The highest BCUT2D eigenvalue weighted by Gasteiger charge is 2.29. The number of fused-ring (bicyclic) bond motifs is 1. The highest BCUT2D eigenvalue weighted by Crippen LogP contribution is 2.36. The van der Waals surface area contributed by atoms with Crippen molar-refractivity contribution in [1.82, 2.24) is 0 Å². The quantitative estimate of drug-likeness (QED) is 0.497. The summed E-state index contributed by atoms with van der Waals surface area (Å²) in [6, 6.07) is 20.1. The minimum atomic E-state index is -0.752. The smallest absolute Gasteiger partial charge is 0.273 e. The first-order valence-corrected chi connectivity index (χ1v) is 9.20. The first-order valence-electron chi connectivity index (χ1n) is 9.20. The Morgan fingerprint density at radius 1 is 1.07 bits per heavy atom. The highest BCUT2D eigenvalue weighted by atomic mass is 16.6. The van der Waals surface area contributed by atoms with Crippen molar-refractivity contribution in [2.24, 2.45) is 0 Å². The summed E-state index contributed by atoms with van der Waals surface area (Å²) in [4.78, 5) is 35.4. The average molecular weight is 403 g/mol. The first-order chi connectivity index (χ1) is 14.5. The van der Waals surface area contributed by atoms with E-state index < -0.39 is 16.9 Å². The Balaban J connectivity index is 1.48. The number of para-hydroxylation sites is 1. The number of nitro groups is 1. The molecule has 0 spiro atoms. The lowest BCUT2D eigenvalue weighted by atomic mass is 10.1. The van der Waals surface area contributed by atoms with Crippen molar-refractivity contribution in [2.45, 2.75) is 12.5 Å². The van der Waals surface area contributed by atoms with Crippen molar-refractivity contribution in [3.8, 4) is 5.75 Å². The van der Waals surface area contributed by atoms with Gasteiger partial charge in [-0.25, -0.2) is 0 Å². The molecule has 0 radical (unpaired) electrons. The van der Waals surface area contributed by atoms with Gasteiger partial charge in [-0.1, -0.05) is 48.5 Å². The molecule has 1 aliphatic rings. The van der Waals surface area contributed by atoms with Gasteiger partial charge in [0.05, 0.1) is 17.0 Å². The van der Waals surface area contributed by atoms with Crippen LogP contribution in [0.25, 0.3) is 0 Å². The fourth-order valence-electron chi connectivity index (χ4n) is 3.25. The van der Waals surface area contributed by atoms with Crippen molar-refractivity contribution in [3.63, 3.8) is 0 Å². The minimum Gasteiger partial charge on any atom is -0.474 e. The Labute approximate surface area is 171 Å². The van der Waals surface area contributed by atoms with Gasteiger partial charge < -0.3 is 15.4 Å². The number of nitrogens with one attached hydrogen (secondary N) is 2. The zero-order valence-corrected chi connectivity index (χ0v) is 15.7. The molecular formula is C22H17N3O5. The van der Waals surface area contributed by atoms with Crippen molar-refractivity contribution >= 4 is 28.9 Å². The molecular weight excluding hydrogens is 386 g/mol. The van der Waals surface area contributed by atoms with Crippen LogP contribution in [-0.4, -0.2) is 16.7 Å². The Morgan fingerprint density at radius 3 is 2.57 bits per heavy atom. The maximum absolute atomic E-state index is 12.4. The predicted molar refractivity (Wildman–Crippen MR) is 110 cm³/mol. The number of amides is 2. The number of carbonyl (C=O) groups is 2. The van der Waals surface area contributed by atoms with Gasteiger partial charge in [0.15, 0.2) is 0 Å². The molecule has 2 N–H and O–H groups in total. The molecule has 1 atom stereocenters. The van der Waals surface area contributed by atoms with E-state index in [9.17, 15) is 19.7 Å². The molecule has 3 aromatic rings. The molecule has 8 nitrogen and oxygen atoms in total. The molecule has 4 rings (SSSR count). The third-order valence-corrected chi connectivity index (χ3v) is 4.65. The molecule has 0 saturated heterocycles. The van der Waals surface area contributed by atoms with Crippen LogP contribution < -0.4 is 15.4 Å². The second kappa shape index (κ2) is 8.04. The van der Waals surface area contributed by atoms with E-state index in [1.807, 2.05) is 30.3 Å². The van der Waals surface area contributed by atoms with Crippen LogP contribution in [0, 0.1) is 10.1 Å². The summed E-state index contributed by atoms with van der Waals surface area (Å²) >= 11 is 0. The van der Waals surface area contributed by atoms with E-state index in [0.717, 1.165) is 5.56 Å². The summed E-state index contributed by atoms with van der Waals surface area (Å²) in [5.41, 5.74) is 1.84. The zero-order chi connectivity index (χ0) is 21.1. The summed E-state index contributed by atoms with van der Waals surface area (Å²) in [6.07, 6.45) is -0.898. The number of anilines is 2. The van der Waals surface area contributed by atoms with Gasteiger partial charge >= 0.3 is 0 Å². The summed E-state index contributed by atoms with van der Waals surface area (Å²) in [5.74, 6) is -0.230. The SMILES string of the molecule is O=C(Cc1ccccc1[N+](=O)[O-])Nc1ccc2c(c1)NC(=O)C(c1ccccc1)O2. The summed E-state index contributed by atoms with van der Waals surface area (Å²) in [5, 5.41) is 16.6. The number of benzene rings is 3. The third kappa shape index (κ3) is 3.97. The monoisotopic (exact) mass is 403 g/mol. The van der Waals surface area contributed by atoms with Gasteiger partial charge in [0.2, 0.25) is 12.0 Å². The first kappa shape index (κ1) is 19.1. The molecule has 150 valence electrons. The Bertz CT molecular complexity index is 1130. The standard InChI is InChI=1S/C22H17N3O5/c26-20(12-15-8-4-5-9-18(15)25(28)29)23-16-10-11-19-17(13-16)24-22(27)21(30-19)14-6-2-1-3-7-14/h1-11,13,21H,12H2,(H,23,26)(H,24,27). The number of nitro benzene ring substituents is 1. The van der Waals surface area contributed by atoms with Crippen molar-refractivity contribution in [2.75, 3.05) is 10.6 Å². The molecule has 0 aliphatic carbocycles. The Kier molecular flexibility index (Phi) is 5.13. The van der Waals surface area contributed by atoms with E-state index in [4.69, 9.17) is 4.74 Å². The van der Waals surface area contributed by atoms with E-state index >= 15 is 0 Å². The average Bonchev–Trinajstić information content (AvgIpc) is 2.74. The van der Waals surface area contributed by atoms with Gasteiger partial charge in [-0.2, -0.15) is 0 Å². The summed E-state index contributed by atoms with van der Waals surface area (Å²) < 4.78 is 5.83. The number of carbonyl (C=O) groups excluding carboxylic acids is 2. The van der Waals surface area contributed by atoms with Crippen molar-refractivity contribution < 1.29 is 19.2 Å². The predicted octanol–water partition coefficient (Wildman–Crippen LogP) is 3.85. The fraction of sp³-hybridized carbons (Fsp3) is 0.0909. The normalized spacial score (nSPS) is 14.8. The lowest BCUT2D eigenvalue weighted by Gasteiger charge is -2.26. The lowest BCUT2D eigenvalue weighted by molar-refractivity contribution is -0.385. The van der Waals surface area contributed by atoms with Gasteiger partial charge in [-0.3, -0.25) is 19.7 Å². The lowest BCUT2D eigenvalue weighted by Crippen LogP contribution is -2.30. The molecule has 0 aromatic heterocycles. The van der Waals surface area contributed by atoms with Crippen LogP contribution in [0.15, 0.2) is 72.8 Å². The maximum atomic E-state index is 12.4. The van der Waals surface area contributed by atoms with Gasteiger partial charge in [0, 0.05) is 22.9 Å². The van der Waals surface area contributed by atoms with E-state index in [0.29, 0.717) is 22.7 Å². The summed E-state index contributed by atoms with van der Waals surface area (Å²) in [7, 11) is 0. The van der Waals surface area contributed by atoms with Crippen molar-refractivity contribution in [3.05, 3.63) is 94.0 Å². The number of nitrogens with zero attached hydrogens (tertiary/aromatic N) is 1. The maximum Gasteiger partial charge on any atom is 0.273 e. The van der Waals surface area contributed by atoms with Gasteiger partial charge in [-0.05, 0) is 18.2 Å². The van der Waals surface area contributed by atoms with Gasteiger partial charge in [0.25, 0.3) is 11.6 Å². The Morgan fingerprint density at radius 2 is 1.80 bits per heavy atom. The molecule has 1 aliphatic heterocycles. The van der Waals surface area contributed by atoms with E-state index in [1.54, 1.807) is 36.4 Å². The van der Waals surface area contributed by atoms with Gasteiger partial charge in [0.1, 0.15) is 5.75 Å². The number of hydrogen-bond acceptors (Lipinski definition) is 5. The topological polar surface area (TPSA) is 111 Å². The number of ether oxygens (including phenoxy) is 1. The van der Waals surface area contributed by atoms with Crippen LogP contribution in [0.5, 0.6) is 5.75 Å². The molecule has 1 unspecified atom stereocenters. The molecule has 3 aromatic carbocycles. The molecule has 1 heterocycles. The largest absolute Gasteiger partial charge is 0.474 e. The molecule has 0 bridgehead atoms. The fourth-order valence-corrected chi connectivity index (χ4v) is 3.25. The van der Waals surface area contributed by atoms with Crippen LogP contribution in [0.1, 0.15) is 17.2 Å². The van der Waals surface area contributed by atoms with E-state index in [-0.39, 0.29) is 18.0 Å². The Hall–Kier alpha value is -4.20. The molecule has 30 heavy (non-hydrogen) atoms. The minimum absolute atomic E-state index is 0.106. The molecule has 0 saturated carbocycles. The molecule has 2 amide bonds. The second-order valence-electron chi connectivity index (χ2n) is 6.72. The number of hydrogen-bond donors (Lipinski definition) is 2. The van der Waals surface area contributed by atoms with E-state index in [1.165, 1.54) is 6.07 Å². The third-order valence-electron chi connectivity index (χ3n) is 4.65. The van der Waals surface area contributed by atoms with Crippen molar-refractivity contribution in [1.29, 1.82) is 0 Å². The highest BCUT2D eigenvalue weighted by molar-refractivity contribution is 6.00. The van der Waals surface area contributed by atoms with Crippen LogP contribution in [-0.2, 0) is 16.0 Å². The van der Waals surface area contributed by atoms with Crippen LogP contribution >= 0.6 is 0 Å². The van der Waals surface area contributed by atoms with E-state index in [2.05, 4.69) is 10.6 Å². The zero-order valence-electron chi connectivity index (χ0n) is 15.7.